The highest BCUT2D eigenvalue weighted by Crippen LogP contribution is 2.55. The number of likely N-dealkylation sites (N-methyl/N-ethyl adjacent to an activating group) is 1. The number of hydrogen-bond acceptors (Lipinski definition) is 11. The molecule has 3 heterocycles. The summed E-state index contributed by atoms with van der Waals surface area (Å²) in [4.78, 5) is 30.4. The molecule has 3 saturated heterocycles. The van der Waals surface area contributed by atoms with Crippen LogP contribution in [0.15, 0.2) is 0 Å². The molecule has 3 aliphatic heterocycles. The van der Waals surface area contributed by atoms with E-state index in [0.29, 0.717) is 25.7 Å². The average Bonchev–Trinajstić information content (AvgIpc) is 3.73. The fraction of sp³-hybridized carbons (Fsp3) is 0.951. The summed E-state index contributed by atoms with van der Waals surface area (Å²) >= 11 is 0. The zero-order chi connectivity index (χ0) is 39.2. The summed E-state index contributed by atoms with van der Waals surface area (Å²) in [6, 6.07) is -0.0750. The van der Waals surface area contributed by atoms with Crippen molar-refractivity contribution in [2.24, 2.45) is 41.4 Å². The summed E-state index contributed by atoms with van der Waals surface area (Å²) in [6.45, 7) is 23.4. The maximum Gasteiger partial charge on any atom is 0.309 e. The molecule has 1 unspecified atom stereocenters. The van der Waals surface area contributed by atoms with Gasteiger partial charge in [-0.1, -0.05) is 41.5 Å². The highest BCUT2D eigenvalue weighted by atomic mass is 16.7. The van der Waals surface area contributed by atoms with E-state index in [1.165, 1.54) is 0 Å². The highest BCUT2D eigenvalue weighted by molar-refractivity contribution is 5.83. The standard InChI is InChI=1S/C41H73NO10/c1-21(2)42(13)32-16-26(7)49-38(34(32)44)51-36-27(8)31(17-30-20-40(12,48-14)35(45)29(10)50-30)28(9)37(46)52-41(19-25(41)6)24(5)15-22(3)33(43)23(4)18-39(36,11)47/h21-32,34-36,38,44-45,47H,15-20H2,1-14H3/t22-,23-,24-,25-,26-,27+,28-,29+,30+,31+,32+,34-,35+,36-,38+,39-,40-,41?/m1/s1. The molecule has 0 aromatic rings. The van der Waals surface area contributed by atoms with Gasteiger partial charge in [-0.05, 0) is 98.4 Å². The molecule has 4 aliphatic rings. The van der Waals surface area contributed by atoms with E-state index < -0.39 is 71.2 Å². The van der Waals surface area contributed by atoms with Crippen molar-refractivity contribution >= 4 is 11.8 Å². The molecule has 52 heavy (non-hydrogen) atoms. The number of Topliss-reactive ketones (excluding diaryl/α,β-unsaturated/α-hetero) is 1. The van der Waals surface area contributed by atoms with Crippen molar-refractivity contribution < 1.29 is 48.6 Å². The summed E-state index contributed by atoms with van der Waals surface area (Å²) in [6.07, 6.45) is -2.12. The highest BCUT2D eigenvalue weighted by Gasteiger charge is 2.60. The van der Waals surface area contributed by atoms with Crippen molar-refractivity contribution in [3.63, 3.8) is 0 Å². The minimum absolute atomic E-state index is 0.0181. The van der Waals surface area contributed by atoms with Crippen LogP contribution in [-0.4, -0.2) is 118 Å². The van der Waals surface area contributed by atoms with Gasteiger partial charge in [0.1, 0.15) is 23.6 Å². The molecular formula is C41H73NO10. The summed E-state index contributed by atoms with van der Waals surface area (Å²) < 4.78 is 31.9. The molecule has 0 amide bonds. The van der Waals surface area contributed by atoms with Gasteiger partial charge in [0.05, 0.1) is 41.5 Å². The summed E-state index contributed by atoms with van der Waals surface area (Å²) in [5, 5.41) is 35.3. The van der Waals surface area contributed by atoms with Gasteiger partial charge in [0.2, 0.25) is 0 Å². The van der Waals surface area contributed by atoms with Crippen molar-refractivity contribution in [2.45, 2.75) is 193 Å². The quantitative estimate of drug-likeness (QED) is 0.299. The monoisotopic (exact) mass is 740 g/mol. The van der Waals surface area contributed by atoms with Crippen LogP contribution in [0.25, 0.3) is 0 Å². The Morgan fingerprint density at radius 3 is 2.08 bits per heavy atom. The molecule has 3 N–H and O–H groups in total. The predicted molar refractivity (Wildman–Crippen MR) is 198 cm³/mol. The number of ketones is 1. The molecule has 0 aromatic heterocycles. The van der Waals surface area contributed by atoms with Gasteiger partial charge in [0.25, 0.3) is 0 Å². The van der Waals surface area contributed by atoms with Crippen LogP contribution in [0.2, 0.25) is 0 Å². The number of aliphatic hydroxyl groups is 3. The lowest BCUT2D eigenvalue weighted by molar-refractivity contribution is -0.299. The molecular weight excluding hydrogens is 666 g/mol. The van der Waals surface area contributed by atoms with E-state index in [2.05, 4.69) is 32.6 Å². The van der Waals surface area contributed by atoms with Crippen LogP contribution >= 0.6 is 0 Å². The Balaban J connectivity index is 1.80. The number of aliphatic hydroxyl groups excluding tert-OH is 2. The van der Waals surface area contributed by atoms with E-state index >= 15 is 0 Å². The second-order valence-corrected chi connectivity index (χ2v) is 18.5. The molecule has 302 valence electrons. The fourth-order valence-electron chi connectivity index (χ4n) is 10.1. The second kappa shape index (κ2) is 16.5. The van der Waals surface area contributed by atoms with Crippen molar-refractivity contribution in [1.82, 2.24) is 4.90 Å². The lowest BCUT2D eigenvalue weighted by atomic mass is 9.69. The van der Waals surface area contributed by atoms with Gasteiger partial charge in [-0.15, -0.1) is 0 Å². The Morgan fingerprint density at radius 2 is 1.52 bits per heavy atom. The Morgan fingerprint density at radius 1 is 0.904 bits per heavy atom. The number of carbonyl (C=O) groups is 2. The Hall–Kier alpha value is -1.18. The third-order valence-electron chi connectivity index (χ3n) is 13.9. The van der Waals surface area contributed by atoms with Gasteiger partial charge < -0.3 is 39.0 Å². The van der Waals surface area contributed by atoms with Crippen LogP contribution in [0.5, 0.6) is 0 Å². The van der Waals surface area contributed by atoms with Gasteiger partial charge >= 0.3 is 5.97 Å². The van der Waals surface area contributed by atoms with Crippen LogP contribution in [0.3, 0.4) is 0 Å². The van der Waals surface area contributed by atoms with Gasteiger partial charge in [-0.25, -0.2) is 0 Å². The van der Waals surface area contributed by atoms with E-state index in [-0.39, 0.29) is 60.2 Å². The number of esters is 1. The summed E-state index contributed by atoms with van der Waals surface area (Å²) in [5.74, 6) is -2.44. The van der Waals surface area contributed by atoms with Crippen LogP contribution in [-0.2, 0) is 33.3 Å². The maximum atomic E-state index is 14.4. The van der Waals surface area contributed by atoms with Crippen molar-refractivity contribution in [3.8, 4) is 0 Å². The zero-order valence-electron chi connectivity index (χ0n) is 34.6. The first-order chi connectivity index (χ1) is 24.0. The van der Waals surface area contributed by atoms with Gasteiger partial charge in [0, 0.05) is 43.4 Å². The average molecular weight is 740 g/mol. The Bertz CT molecular complexity index is 1230. The first-order valence-electron chi connectivity index (χ1n) is 20.1. The largest absolute Gasteiger partial charge is 0.458 e. The number of ether oxygens (including phenoxy) is 5. The first-order valence-corrected chi connectivity index (χ1v) is 20.1. The number of methoxy groups -OCH3 is 1. The van der Waals surface area contributed by atoms with Crippen LogP contribution in [0.4, 0.5) is 0 Å². The first kappa shape index (κ1) is 43.5. The molecule has 4 fully saturated rings. The van der Waals surface area contributed by atoms with Crippen molar-refractivity contribution in [1.29, 1.82) is 0 Å². The van der Waals surface area contributed by atoms with Crippen LogP contribution < -0.4 is 0 Å². The minimum atomic E-state index is -1.56. The number of hydrogen-bond donors (Lipinski definition) is 3. The molecule has 11 nitrogen and oxygen atoms in total. The normalized spacial score (nSPS) is 49.9. The molecule has 1 saturated carbocycles. The predicted octanol–water partition coefficient (Wildman–Crippen LogP) is 5.14. The molecule has 0 radical (unpaired) electrons. The van der Waals surface area contributed by atoms with Gasteiger partial charge in [0.15, 0.2) is 6.29 Å². The van der Waals surface area contributed by atoms with Gasteiger partial charge in [-0.2, -0.15) is 0 Å². The minimum Gasteiger partial charge on any atom is -0.458 e. The summed E-state index contributed by atoms with van der Waals surface area (Å²) in [7, 11) is 3.57. The fourth-order valence-corrected chi connectivity index (χ4v) is 10.1. The lowest BCUT2D eigenvalue weighted by Crippen LogP contribution is -2.60. The van der Waals surface area contributed by atoms with Crippen LogP contribution in [0, 0.1) is 41.4 Å². The lowest BCUT2D eigenvalue weighted by Gasteiger charge is -2.49. The van der Waals surface area contributed by atoms with E-state index in [0.717, 1.165) is 6.42 Å². The van der Waals surface area contributed by atoms with Crippen LogP contribution in [0.1, 0.15) is 122 Å². The number of nitrogens with zero attached hydrogens (tertiary/aromatic N) is 1. The third-order valence-corrected chi connectivity index (χ3v) is 13.9. The van der Waals surface area contributed by atoms with E-state index in [1.807, 2.05) is 55.5 Å². The maximum absolute atomic E-state index is 14.4. The molecule has 1 aliphatic carbocycles. The SMILES string of the molecule is CO[C@]1(C)C[C@H](C[C@H]2[C@H](C)[C@@H](O[C@@H]3O[C@H](C)C[C@H](N(C)C(C)C)[C@H]3O)[C@](C)(O)C[C@@H](C)C(=O)[C@H](C)C[C@@H](C)C3(C[C@H]3C)OC(=O)[C@@H]2C)O[C@@H](C)[C@@H]1O. The van der Waals surface area contributed by atoms with E-state index in [9.17, 15) is 24.9 Å². The zero-order valence-corrected chi connectivity index (χ0v) is 34.6. The molecule has 18 atom stereocenters. The van der Waals surface area contributed by atoms with E-state index in [4.69, 9.17) is 23.7 Å². The smallest absolute Gasteiger partial charge is 0.309 e. The molecule has 0 aromatic carbocycles. The number of carbonyl (C=O) groups excluding carboxylic acids is 2. The Labute approximate surface area is 313 Å². The molecule has 4 rings (SSSR count). The molecule has 0 bridgehead atoms. The summed E-state index contributed by atoms with van der Waals surface area (Å²) in [5.41, 5.74) is -3.05. The molecule has 11 heteroatoms. The topological polar surface area (TPSA) is 144 Å². The van der Waals surface area contributed by atoms with Gasteiger partial charge in [-0.3, -0.25) is 14.5 Å². The van der Waals surface area contributed by atoms with E-state index in [1.54, 1.807) is 14.0 Å². The third kappa shape index (κ3) is 8.93. The molecule has 1 spiro atoms. The Kier molecular flexibility index (Phi) is 13.8. The number of rotatable bonds is 7. The van der Waals surface area contributed by atoms with Crippen molar-refractivity contribution in [3.05, 3.63) is 0 Å². The van der Waals surface area contributed by atoms with Crippen molar-refractivity contribution in [2.75, 3.05) is 14.2 Å². The second-order valence-electron chi connectivity index (χ2n) is 18.5.